The second-order valence-corrected chi connectivity index (χ2v) is 6.92. The Morgan fingerprint density at radius 1 is 1.36 bits per heavy atom. The number of esters is 1. The first-order valence-electron chi connectivity index (χ1n) is 8.23. The number of carbonyl (C=O) groups excluding carboxylic acids is 3. The number of benzene rings is 1. The van der Waals surface area contributed by atoms with E-state index in [9.17, 15) is 14.4 Å². The minimum absolute atomic E-state index is 0.0639. The molecule has 0 bridgehead atoms. The molecule has 1 aliphatic rings. The zero-order valence-corrected chi connectivity index (χ0v) is 16.2. The van der Waals surface area contributed by atoms with Crippen LogP contribution >= 0.6 is 22.6 Å². The van der Waals surface area contributed by atoms with E-state index in [2.05, 4.69) is 33.2 Å². The molecule has 1 atom stereocenters. The summed E-state index contributed by atoms with van der Waals surface area (Å²) in [5.74, 6) is -1.00. The van der Waals surface area contributed by atoms with Gasteiger partial charge in [-0.15, -0.1) is 0 Å². The maximum absolute atomic E-state index is 12.5. The summed E-state index contributed by atoms with van der Waals surface area (Å²) < 4.78 is 6.14. The zero-order valence-electron chi connectivity index (χ0n) is 14.1. The highest BCUT2D eigenvalue weighted by Gasteiger charge is 2.34. The fourth-order valence-electron chi connectivity index (χ4n) is 2.50. The van der Waals surface area contributed by atoms with E-state index in [-0.39, 0.29) is 24.8 Å². The van der Waals surface area contributed by atoms with Gasteiger partial charge >= 0.3 is 5.97 Å². The lowest BCUT2D eigenvalue weighted by atomic mass is 10.1. The normalized spacial score (nSPS) is 17.0. The van der Waals surface area contributed by atoms with Gasteiger partial charge in [-0.2, -0.15) is 0 Å². The van der Waals surface area contributed by atoms with E-state index < -0.39 is 12.0 Å². The molecule has 2 rings (SSSR count). The summed E-state index contributed by atoms with van der Waals surface area (Å²) >= 11 is 2.21. The van der Waals surface area contributed by atoms with Crippen LogP contribution in [-0.2, 0) is 19.1 Å². The SMILES string of the molecule is CCCOC(=O)CC1C(=O)NCCN1C(=O)CNc1ccc(I)cc1. The van der Waals surface area contributed by atoms with Crippen molar-refractivity contribution in [3.05, 3.63) is 27.8 Å². The van der Waals surface area contributed by atoms with E-state index in [0.717, 1.165) is 9.26 Å². The van der Waals surface area contributed by atoms with Crippen LogP contribution in [0, 0.1) is 3.57 Å². The van der Waals surface area contributed by atoms with Crippen molar-refractivity contribution in [1.82, 2.24) is 10.2 Å². The van der Waals surface area contributed by atoms with Crippen LogP contribution in [0.2, 0.25) is 0 Å². The Hall–Kier alpha value is -1.84. The minimum Gasteiger partial charge on any atom is -0.466 e. The molecule has 136 valence electrons. The van der Waals surface area contributed by atoms with Crippen molar-refractivity contribution in [1.29, 1.82) is 0 Å². The van der Waals surface area contributed by atoms with E-state index in [1.54, 1.807) is 0 Å². The molecule has 1 fully saturated rings. The molecule has 0 radical (unpaired) electrons. The maximum atomic E-state index is 12.5. The monoisotopic (exact) mass is 459 g/mol. The molecular weight excluding hydrogens is 437 g/mol. The highest BCUT2D eigenvalue weighted by atomic mass is 127. The van der Waals surface area contributed by atoms with Gasteiger partial charge in [0.1, 0.15) is 6.04 Å². The first-order chi connectivity index (χ1) is 12.0. The van der Waals surface area contributed by atoms with Crippen molar-refractivity contribution >= 4 is 46.1 Å². The Balaban J connectivity index is 1.95. The average molecular weight is 459 g/mol. The van der Waals surface area contributed by atoms with Crippen LogP contribution in [0.5, 0.6) is 0 Å². The standard InChI is InChI=1S/C17H22IN3O4/c1-2-9-25-16(23)10-14-17(24)19-7-8-21(14)15(22)11-20-13-5-3-12(18)4-6-13/h3-6,14,20H,2,7-11H2,1H3,(H,19,24). The topological polar surface area (TPSA) is 87.7 Å². The van der Waals surface area contributed by atoms with Gasteiger partial charge in [-0.05, 0) is 53.3 Å². The van der Waals surface area contributed by atoms with Crippen molar-refractivity contribution < 1.29 is 19.1 Å². The van der Waals surface area contributed by atoms with Crippen LogP contribution in [0.25, 0.3) is 0 Å². The minimum atomic E-state index is -0.816. The molecule has 1 unspecified atom stereocenters. The molecule has 1 saturated heterocycles. The van der Waals surface area contributed by atoms with Crippen LogP contribution in [0.4, 0.5) is 5.69 Å². The van der Waals surface area contributed by atoms with E-state index in [4.69, 9.17) is 4.74 Å². The van der Waals surface area contributed by atoms with Gasteiger partial charge in [0.05, 0.1) is 19.6 Å². The number of amides is 2. The molecule has 7 nitrogen and oxygen atoms in total. The predicted octanol–water partition coefficient (Wildman–Crippen LogP) is 1.37. The molecule has 0 spiro atoms. The second kappa shape index (κ2) is 9.59. The second-order valence-electron chi connectivity index (χ2n) is 5.68. The number of ether oxygens (including phenoxy) is 1. The molecule has 1 aromatic carbocycles. The smallest absolute Gasteiger partial charge is 0.308 e. The number of nitrogens with one attached hydrogen (secondary N) is 2. The quantitative estimate of drug-likeness (QED) is 0.475. The highest BCUT2D eigenvalue weighted by molar-refractivity contribution is 14.1. The maximum Gasteiger partial charge on any atom is 0.308 e. The van der Waals surface area contributed by atoms with Crippen LogP contribution < -0.4 is 10.6 Å². The number of rotatable bonds is 7. The molecule has 0 saturated carbocycles. The Morgan fingerprint density at radius 2 is 2.08 bits per heavy atom. The number of piperazine rings is 1. The summed E-state index contributed by atoms with van der Waals surface area (Å²) in [7, 11) is 0. The van der Waals surface area contributed by atoms with Crippen molar-refractivity contribution in [2.75, 3.05) is 31.6 Å². The van der Waals surface area contributed by atoms with Gasteiger partial charge < -0.3 is 20.3 Å². The van der Waals surface area contributed by atoms with Gasteiger partial charge in [0.2, 0.25) is 11.8 Å². The fourth-order valence-corrected chi connectivity index (χ4v) is 2.86. The van der Waals surface area contributed by atoms with Crippen LogP contribution in [0.15, 0.2) is 24.3 Å². The average Bonchev–Trinajstić information content (AvgIpc) is 2.61. The zero-order chi connectivity index (χ0) is 18.2. The molecule has 8 heteroatoms. The summed E-state index contributed by atoms with van der Waals surface area (Å²) in [6.07, 6.45) is 0.590. The van der Waals surface area contributed by atoms with Gasteiger partial charge in [-0.1, -0.05) is 6.92 Å². The molecular formula is C17H22IN3O4. The number of hydrogen-bond donors (Lipinski definition) is 2. The summed E-state index contributed by atoms with van der Waals surface area (Å²) in [5.41, 5.74) is 0.828. The van der Waals surface area contributed by atoms with Crippen molar-refractivity contribution in [3.8, 4) is 0 Å². The van der Waals surface area contributed by atoms with Crippen LogP contribution in [0.3, 0.4) is 0 Å². The third-order valence-electron chi connectivity index (χ3n) is 3.77. The molecule has 1 aliphatic heterocycles. The third kappa shape index (κ3) is 5.87. The Bertz CT molecular complexity index is 621. The Kier molecular flexibility index (Phi) is 7.48. The van der Waals surface area contributed by atoms with E-state index in [0.29, 0.717) is 26.1 Å². The van der Waals surface area contributed by atoms with Gasteiger partial charge in [0.25, 0.3) is 0 Å². The van der Waals surface area contributed by atoms with E-state index >= 15 is 0 Å². The molecule has 2 amide bonds. The lowest BCUT2D eigenvalue weighted by Crippen LogP contribution is -2.58. The molecule has 1 aromatic rings. The lowest BCUT2D eigenvalue weighted by Gasteiger charge is -2.34. The number of hydrogen-bond acceptors (Lipinski definition) is 5. The third-order valence-corrected chi connectivity index (χ3v) is 4.49. The highest BCUT2D eigenvalue weighted by Crippen LogP contribution is 2.13. The van der Waals surface area contributed by atoms with Gasteiger partial charge in [0.15, 0.2) is 0 Å². The van der Waals surface area contributed by atoms with Crippen LogP contribution in [0.1, 0.15) is 19.8 Å². The summed E-state index contributed by atoms with van der Waals surface area (Å²) in [5, 5.41) is 5.75. The first-order valence-corrected chi connectivity index (χ1v) is 9.31. The van der Waals surface area contributed by atoms with E-state index in [1.165, 1.54) is 4.90 Å². The first kappa shape index (κ1) is 19.5. The molecule has 2 N–H and O–H groups in total. The molecule has 0 aromatic heterocycles. The number of nitrogens with zero attached hydrogens (tertiary/aromatic N) is 1. The Labute approximate surface area is 160 Å². The molecule has 1 heterocycles. The number of carbonyl (C=O) groups is 3. The summed E-state index contributed by atoms with van der Waals surface area (Å²) in [6.45, 7) is 3.04. The number of halogens is 1. The van der Waals surface area contributed by atoms with Crippen molar-refractivity contribution in [2.24, 2.45) is 0 Å². The fraction of sp³-hybridized carbons (Fsp3) is 0.471. The van der Waals surface area contributed by atoms with Gasteiger partial charge in [-0.3, -0.25) is 14.4 Å². The van der Waals surface area contributed by atoms with Crippen molar-refractivity contribution in [2.45, 2.75) is 25.8 Å². The van der Waals surface area contributed by atoms with Gasteiger partial charge in [0, 0.05) is 22.3 Å². The predicted molar refractivity (Wildman–Crippen MR) is 102 cm³/mol. The van der Waals surface area contributed by atoms with Gasteiger partial charge in [-0.25, -0.2) is 0 Å². The summed E-state index contributed by atoms with van der Waals surface area (Å²) in [6, 6.07) is 6.83. The van der Waals surface area contributed by atoms with Crippen molar-refractivity contribution in [3.63, 3.8) is 0 Å². The van der Waals surface area contributed by atoms with E-state index in [1.807, 2.05) is 31.2 Å². The lowest BCUT2D eigenvalue weighted by molar-refractivity contribution is -0.151. The molecule has 25 heavy (non-hydrogen) atoms. The number of anilines is 1. The summed E-state index contributed by atoms with van der Waals surface area (Å²) in [4.78, 5) is 37.9. The largest absolute Gasteiger partial charge is 0.466 e. The Morgan fingerprint density at radius 3 is 2.76 bits per heavy atom. The van der Waals surface area contributed by atoms with Crippen LogP contribution in [-0.4, -0.2) is 55.0 Å². The molecule has 0 aliphatic carbocycles.